The summed E-state index contributed by atoms with van der Waals surface area (Å²) < 4.78 is 24.4. The van der Waals surface area contributed by atoms with Crippen LogP contribution >= 0.6 is 11.6 Å². The fourth-order valence-corrected chi connectivity index (χ4v) is 3.31. The first-order valence-corrected chi connectivity index (χ1v) is 7.57. The number of hydrogen-bond donors (Lipinski definition) is 0. The number of aromatic nitrogens is 4. The summed E-state index contributed by atoms with van der Waals surface area (Å²) in [5.74, 6) is 1.41. The van der Waals surface area contributed by atoms with E-state index >= 15 is 0 Å². The first kappa shape index (κ1) is 11.7. The summed E-state index contributed by atoms with van der Waals surface area (Å²) in [5, 5.41) is 4.38. The Kier molecular flexibility index (Phi) is 2.63. The van der Waals surface area contributed by atoms with Crippen LogP contribution in [0, 0.1) is 0 Å². The highest BCUT2D eigenvalue weighted by molar-refractivity contribution is 7.91. The van der Waals surface area contributed by atoms with Crippen LogP contribution in [-0.2, 0) is 9.84 Å². The van der Waals surface area contributed by atoms with Crippen molar-refractivity contribution >= 4 is 33.0 Å². The number of halogens is 1. The Morgan fingerprint density at radius 1 is 1.28 bits per heavy atom. The van der Waals surface area contributed by atoms with Crippen LogP contribution in [0.3, 0.4) is 0 Å². The molecule has 1 aliphatic heterocycles. The summed E-state index contributed by atoms with van der Waals surface area (Å²) >= 11 is 5.92. The molecule has 2 aromatic heterocycles. The molecule has 96 valence electrons. The standard InChI is InChI=1S/C9H10ClN5O2S/c10-7-5-8(15-9(13-7)11-6-12-15)14-1-3-18(16,17)4-2-14/h5-6H,1-4H2. The number of sulfone groups is 1. The van der Waals surface area contributed by atoms with Gasteiger partial charge in [-0.05, 0) is 0 Å². The Bertz CT molecular complexity index is 684. The number of rotatable bonds is 1. The van der Waals surface area contributed by atoms with Crippen molar-refractivity contribution in [2.45, 2.75) is 0 Å². The van der Waals surface area contributed by atoms with E-state index in [0.29, 0.717) is 24.0 Å². The fourth-order valence-electron chi connectivity index (χ4n) is 1.94. The molecule has 0 radical (unpaired) electrons. The molecule has 0 spiro atoms. The number of hydrogen-bond acceptors (Lipinski definition) is 6. The minimum absolute atomic E-state index is 0.142. The van der Waals surface area contributed by atoms with Crippen molar-refractivity contribution in [1.29, 1.82) is 0 Å². The van der Waals surface area contributed by atoms with E-state index in [0.717, 1.165) is 5.82 Å². The molecule has 9 heteroatoms. The Morgan fingerprint density at radius 3 is 2.72 bits per heavy atom. The summed E-state index contributed by atoms with van der Waals surface area (Å²) in [6.45, 7) is 0.856. The quantitative estimate of drug-likeness (QED) is 0.688. The minimum atomic E-state index is -2.91. The second kappa shape index (κ2) is 4.06. The normalized spacial score (nSPS) is 19.3. The van der Waals surface area contributed by atoms with E-state index in [9.17, 15) is 8.42 Å². The van der Waals surface area contributed by atoms with Crippen LogP contribution in [0.25, 0.3) is 5.78 Å². The average molecular weight is 288 g/mol. The molecule has 0 amide bonds. The Labute approximate surface area is 108 Å². The molecular weight excluding hydrogens is 278 g/mol. The van der Waals surface area contributed by atoms with Crippen LogP contribution in [-0.4, -0.2) is 52.6 Å². The van der Waals surface area contributed by atoms with E-state index in [4.69, 9.17) is 11.6 Å². The SMILES string of the molecule is O=S1(=O)CCN(c2cc(Cl)nc3ncnn23)CC1. The van der Waals surface area contributed by atoms with Crippen LogP contribution in [0.5, 0.6) is 0 Å². The van der Waals surface area contributed by atoms with Crippen LogP contribution < -0.4 is 4.90 Å². The summed E-state index contributed by atoms with van der Waals surface area (Å²) in [7, 11) is -2.91. The molecule has 0 aromatic carbocycles. The van der Waals surface area contributed by atoms with Crippen molar-refractivity contribution in [2.75, 3.05) is 29.5 Å². The third-order valence-electron chi connectivity index (χ3n) is 2.87. The van der Waals surface area contributed by atoms with Gasteiger partial charge >= 0.3 is 0 Å². The molecule has 0 atom stereocenters. The molecule has 7 nitrogen and oxygen atoms in total. The maximum Gasteiger partial charge on any atom is 0.255 e. The molecule has 0 N–H and O–H groups in total. The smallest absolute Gasteiger partial charge is 0.255 e. The van der Waals surface area contributed by atoms with E-state index in [1.165, 1.54) is 6.33 Å². The van der Waals surface area contributed by atoms with Gasteiger partial charge in [0.1, 0.15) is 17.3 Å². The zero-order chi connectivity index (χ0) is 12.8. The van der Waals surface area contributed by atoms with E-state index < -0.39 is 9.84 Å². The average Bonchev–Trinajstić information content (AvgIpc) is 2.76. The fraction of sp³-hybridized carbons (Fsp3) is 0.444. The summed E-state index contributed by atoms with van der Waals surface area (Å²) in [5.41, 5.74) is 0. The van der Waals surface area contributed by atoms with Crippen LogP contribution in [0.15, 0.2) is 12.4 Å². The van der Waals surface area contributed by atoms with Crippen molar-refractivity contribution < 1.29 is 8.42 Å². The van der Waals surface area contributed by atoms with Gasteiger partial charge in [-0.1, -0.05) is 11.6 Å². The van der Waals surface area contributed by atoms with Crippen molar-refractivity contribution in [2.24, 2.45) is 0 Å². The van der Waals surface area contributed by atoms with Gasteiger partial charge in [-0.3, -0.25) is 0 Å². The van der Waals surface area contributed by atoms with E-state index in [1.807, 2.05) is 4.90 Å². The Hall–Kier alpha value is -1.41. The van der Waals surface area contributed by atoms with Crippen molar-refractivity contribution in [3.05, 3.63) is 17.5 Å². The summed E-state index contributed by atoms with van der Waals surface area (Å²) in [6, 6.07) is 1.67. The van der Waals surface area contributed by atoms with Gasteiger partial charge in [0.2, 0.25) is 0 Å². The van der Waals surface area contributed by atoms with E-state index in [1.54, 1.807) is 10.6 Å². The summed E-state index contributed by atoms with van der Waals surface area (Å²) in [6.07, 6.45) is 1.39. The van der Waals surface area contributed by atoms with Crippen molar-refractivity contribution in [1.82, 2.24) is 19.6 Å². The molecular formula is C9H10ClN5O2S. The third-order valence-corrected chi connectivity index (χ3v) is 4.67. The molecule has 0 bridgehead atoms. The molecule has 0 unspecified atom stereocenters. The van der Waals surface area contributed by atoms with Gasteiger partial charge in [-0.2, -0.15) is 19.6 Å². The molecule has 1 saturated heterocycles. The van der Waals surface area contributed by atoms with Gasteiger partial charge in [-0.25, -0.2) is 8.42 Å². The molecule has 3 heterocycles. The molecule has 0 aliphatic carbocycles. The minimum Gasteiger partial charge on any atom is -0.354 e. The molecule has 3 rings (SSSR count). The lowest BCUT2D eigenvalue weighted by Crippen LogP contribution is -2.41. The lowest BCUT2D eigenvalue weighted by molar-refractivity contribution is 0.585. The number of fused-ring (bicyclic) bond motifs is 1. The molecule has 2 aromatic rings. The number of nitrogens with zero attached hydrogens (tertiary/aromatic N) is 5. The van der Waals surface area contributed by atoms with E-state index in [-0.39, 0.29) is 11.5 Å². The van der Waals surface area contributed by atoms with Gasteiger partial charge in [0.05, 0.1) is 11.5 Å². The van der Waals surface area contributed by atoms with Gasteiger partial charge < -0.3 is 4.90 Å². The van der Waals surface area contributed by atoms with Gasteiger partial charge in [0.25, 0.3) is 5.78 Å². The lowest BCUT2D eigenvalue weighted by atomic mass is 10.4. The first-order valence-electron chi connectivity index (χ1n) is 5.37. The third kappa shape index (κ3) is 2.01. The summed E-state index contributed by atoms with van der Waals surface area (Å²) in [4.78, 5) is 9.93. The van der Waals surface area contributed by atoms with Gasteiger partial charge in [-0.15, -0.1) is 0 Å². The van der Waals surface area contributed by atoms with Crippen LogP contribution in [0.1, 0.15) is 0 Å². The molecule has 1 fully saturated rings. The van der Waals surface area contributed by atoms with Gasteiger partial charge in [0.15, 0.2) is 9.84 Å². The maximum absolute atomic E-state index is 11.4. The maximum atomic E-state index is 11.4. The second-order valence-corrected chi connectivity index (χ2v) is 6.74. The highest BCUT2D eigenvalue weighted by atomic mass is 35.5. The monoisotopic (exact) mass is 287 g/mol. The highest BCUT2D eigenvalue weighted by Crippen LogP contribution is 2.20. The zero-order valence-electron chi connectivity index (χ0n) is 9.32. The molecule has 0 saturated carbocycles. The predicted molar refractivity (Wildman–Crippen MR) is 66.7 cm³/mol. The Balaban J connectivity index is 2.02. The van der Waals surface area contributed by atoms with Crippen molar-refractivity contribution in [3.8, 4) is 0 Å². The highest BCUT2D eigenvalue weighted by Gasteiger charge is 2.24. The molecule has 1 aliphatic rings. The van der Waals surface area contributed by atoms with Crippen molar-refractivity contribution in [3.63, 3.8) is 0 Å². The number of anilines is 1. The van der Waals surface area contributed by atoms with Crippen LogP contribution in [0.4, 0.5) is 5.82 Å². The largest absolute Gasteiger partial charge is 0.354 e. The van der Waals surface area contributed by atoms with Gasteiger partial charge in [0, 0.05) is 19.2 Å². The first-order chi connectivity index (χ1) is 8.55. The zero-order valence-corrected chi connectivity index (χ0v) is 10.9. The lowest BCUT2D eigenvalue weighted by Gasteiger charge is -2.28. The predicted octanol–water partition coefficient (Wildman–Crippen LogP) is 0.0125. The molecule has 18 heavy (non-hydrogen) atoms. The Morgan fingerprint density at radius 2 is 2.00 bits per heavy atom. The topological polar surface area (TPSA) is 80.5 Å². The second-order valence-electron chi connectivity index (χ2n) is 4.05. The van der Waals surface area contributed by atoms with E-state index in [2.05, 4.69) is 15.1 Å². The van der Waals surface area contributed by atoms with Crippen LogP contribution in [0.2, 0.25) is 5.15 Å².